The Labute approximate surface area is 135 Å². The molecule has 0 aromatic heterocycles. The van der Waals surface area contributed by atoms with Crippen molar-refractivity contribution in [3.8, 4) is 0 Å². The molecule has 2 N–H and O–H groups in total. The summed E-state index contributed by atoms with van der Waals surface area (Å²) < 4.78 is 5.01. The van der Waals surface area contributed by atoms with Gasteiger partial charge in [-0.25, -0.2) is 0 Å². The SMILES string of the molecule is COC(=O)C1CC2CCC1(C)CC21NC(=O)c2ccccc2N1. The van der Waals surface area contributed by atoms with Crippen molar-refractivity contribution < 1.29 is 14.3 Å². The third kappa shape index (κ3) is 1.98. The van der Waals surface area contributed by atoms with E-state index in [1.807, 2.05) is 24.3 Å². The Morgan fingerprint density at radius 1 is 1.30 bits per heavy atom. The van der Waals surface area contributed by atoms with E-state index in [0.717, 1.165) is 31.4 Å². The van der Waals surface area contributed by atoms with Crippen LogP contribution in [-0.2, 0) is 9.53 Å². The average molecular weight is 314 g/mol. The van der Waals surface area contributed by atoms with E-state index in [1.165, 1.54) is 7.11 Å². The summed E-state index contributed by atoms with van der Waals surface area (Å²) in [5.41, 5.74) is 0.994. The van der Waals surface area contributed by atoms with Crippen LogP contribution in [0.3, 0.4) is 0 Å². The lowest BCUT2D eigenvalue weighted by Crippen LogP contribution is -2.69. The number of rotatable bonds is 1. The molecule has 122 valence electrons. The molecule has 1 aromatic rings. The molecule has 3 aliphatic carbocycles. The van der Waals surface area contributed by atoms with Crippen molar-refractivity contribution >= 4 is 17.6 Å². The number of carbonyl (C=O) groups excluding carboxylic acids is 2. The van der Waals surface area contributed by atoms with Gasteiger partial charge in [0.25, 0.3) is 5.91 Å². The third-order valence-corrected chi connectivity index (χ3v) is 6.16. The highest BCUT2D eigenvalue weighted by Gasteiger charge is 2.60. The molecule has 1 aliphatic heterocycles. The first-order chi connectivity index (χ1) is 11.0. The van der Waals surface area contributed by atoms with Crippen molar-refractivity contribution in [2.45, 2.75) is 38.3 Å². The van der Waals surface area contributed by atoms with Crippen LogP contribution in [0, 0.1) is 17.3 Å². The Bertz CT molecular complexity index is 689. The first-order valence-corrected chi connectivity index (χ1v) is 8.25. The predicted octanol–water partition coefficient (Wildman–Crippen LogP) is 2.54. The zero-order chi connectivity index (χ0) is 16.2. The number of amides is 1. The number of hydrogen-bond donors (Lipinski definition) is 2. The fourth-order valence-corrected chi connectivity index (χ4v) is 4.95. The molecule has 4 atom stereocenters. The van der Waals surface area contributed by atoms with Gasteiger partial charge in [-0.1, -0.05) is 19.1 Å². The molecule has 4 unspecified atom stereocenters. The van der Waals surface area contributed by atoms with Crippen molar-refractivity contribution in [2.75, 3.05) is 12.4 Å². The Morgan fingerprint density at radius 3 is 2.83 bits per heavy atom. The topological polar surface area (TPSA) is 67.4 Å². The van der Waals surface area contributed by atoms with Crippen LogP contribution < -0.4 is 10.6 Å². The van der Waals surface area contributed by atoms with Gasteiger partial charge in [0.05, 0.1) is 18.6 Å². The van der Waals surface area contributed by atoms with Crippen molar-refractivity contribution in [3.05, 3.63) is 29.8 Å². The van der Waals surface area contributed by atoms with E-state index in [1.54, 1.807) is 0 Å². The Kier molecular flexibility index (Phi) is 2.99. The van der Waals surface area contributed by atoms with E-state index < -0.39 is 5.66 Å². The van der Waals surface area contributed by atoms with E-state index in [9.17, 15) is 9.59 Å². The zero-order valence-corrected chi connectivity index (χ0v) is 13.5. The fraction of sp³-hybridized carbons (Fsp3) is 0.556. The molecular formula is C18H22N2O3. The second-order valence-corrected chi connectivity index (χ2v) is 7.47. The van der Waals surface area contributed by atoms with Crippen LogP contribution in [-0.4, -0.2) is 24.6 Å². The molecule has 0 radical (unpaired) electrons. The summed E-state index contributed by atoms with van der Waals surface area (Å²) in [7, 11) is 1.46. The van der Waals surface area contributed by atoms with Gasteiger partial charge in [0.2, 0.25) is 0 Å². The van der Waals surface area contributed by atoms with Crippen molar-refractivity contribution in [2.24, 2.45) is 17.3 Å². The number of esters is 1. The van der Waals surface area contributed by atoms with E-state index >= 15 is 0 Å². The van der Waals surface area contributed by atoms with Crippen LogP contribution in [0.15, 0.2) is 24.3 Å². The van der Waals surface area contributed by atoms with Crippen LogP contribution in [0.4, 0.5) is 5.69 Å². The highest BCUT2D eigenvalue weighted by atomic mass is 16.5. The third-order valence-electron chi connectivity index (χ3n) is 6.16. The fourth-order valence-electron chi connectivity index (χ4n) is 4.95. The van der Waals surface area contributed by atoms with Crippen LogP contribution in [0.25, 0.3) is 0 Å². The molecule has 1 aromatic carbocycles. The van der Waals surface area contributed by atoms with Gasteiger partial charge in [0.15, 0.2) is 0 Å². The molecule has 4 aliphatic rings. The molecule has 1 amide bonds. The van der Waals surface area contributed by atoms with Gasteiger partial charge in [0, 0.05) is 11.6 Å². The minimum Gasteiger partial charge on any atom is -0.469 e. The monoisotopic (exact) mass is 314 g/mol. The number of nitrogens with one attached hydrogen (secondary N) is 2. The van der Waals surface area contributed by atoms with Gasteiger partial charge in [-0.15, -0.1) is 0 Å². The second-order valence-electron chi connectivity index (χ2n) is 7.47. The zero-order valence-electron chi connectivity index (χ0n) is 13.5. The van der Waals surface area contributed by atoms with Gasteiger partial charge < -0.3 is 15.4 Å². The molecule has 23 heavy (non-hydrogen) atoms. The smallest absolute Gasteiger partial charge is 0.309 e. The number of anilines is 1. The summed E-state index contributed by atoms with van der Waals surface area (Å²) in [5, 5.41) is 6.81. The van der Waals surface area contributed by atoms with Gasteiger partial charge >= 0.3 is 5.97 Å². The molecule has 2 bridgehead atoms. The van der Waals surface area contributed by atoms with Gasteiger partial charge in [0.1, 0.15) is 5.66 Å². The normalized spacial score (nSPS) is 37.7. The molecule has 1 heterocycles. The highest BCUT2D eigenvalue weighted by molar-refractivity contribution is 6.02. The van der Waals surface area contributed by atoms with Crippen molar-refractivity contribution in [1.82, 2.24) is 5.32 Å². The summed E-state index contributed by atoms with van der Waals surface area (Å²) >= 11 is 0. The van der Waals surface area contributed by atoms with Gasteiger partial charge in [-0.2, -0.15) is 0 Å². The highest BCUT2D eigenvalue weighted by Crippen LogP contribution is 2.58. The minimum absolute atomic E-state index is 0.0230. The summed E-state index contributed by atoms with van der Waals surface area (Å²) in [6.45, 7) is 2.15. The summed E-state index contributed by atoms with van der Waals surface area (Å²) in [6.07, 6.45) is 3.53. The van der Waals surface area contributed by atoms with E-state index in [4.69, 9.17) is 4.74 Å². The number of carbonyl (C=O) groups is 2. The minimum atomic E-state index is -0.442. The van der Waals surface area contributed by atoms with E-state index in [2.05, 4.69) is 17.6 Å². The van der Waals surface area contributed by atoms with Gasteiger partial charge in [-0.05, 0) is 43.2 Å². The number of benzene rings is 1. The number of fused-ring (bicyclic) bond motifs is 3. The first kappa shape index (κ1) is 14.5. The van der Waals surface area contributed by atoms with Crippen molar-refractivity contribution in [1.29, 1.82) is 0 Å². The maximum Gasteiger partial charge on any atom is 0.309 e. The molecule has 3 fully saturated rings. The van der Waals surface area contributed by atoms with Gasteiger partial charge in [-0.3, -0.25) is 9.59 Å². The van der Waals surface area contributed by atoms with Crippen LogP contribution >= 0.6 is 0 Å². The number of methoxy groups -OCH3 is 1. The lowest BCUT2D eigenvalue weighted by atomic mass is 9.51. The van der Waals surface area contributed by atoms with Crippen LogP contribution in [0.1, 0.15) is 43.0 Å². The maximum atomic E-state index is 12.6. The molecule has 5 rings (SSSR count). The average Bonchev–Trinajstić information content (AvgIpc) is 2.53. The predicted molar refractivity (Wildman–Crippen MR) is 85.8 cm³/mol. The summed E-state index contributed by atoms with van der Waals surface area (Å²) in [5.74, 6) is 0.0261. The molecule has 3 saturated carbocycles. The van der Waals surface area contributed by atoms with E-state index in [-0.39, 0.29) is 29.1 Å². The molecule has 5 heteroatoms. The van der Waals surface area contributed by atoms with Crippen molar-refractivity contribution in [3.63, 3.8) is 0 Å². The molecule has 5 nitrogen and oxygen atoms in total. The lowest BCUT2D eigenvalue weighted by Gasteiger charge is -2.60. The number of ether oxygens (including phenoxy) is 1. The summed E-state index contributed by atoms with van der Waals surface area (Å²) in [6, 6.07) is 7.61. The molecule has 1 spiro atoms. The molecule has 0 saturated heterocycles. The number of para-hydroxylation sites is 1. The van der Waals surface area contributed by atoms with E-state index in [0.29, 0.717) is 5.56 Å². The maximum absolute atomic E-state index is 12.6. The Morgan fingerprint density at radius 2 is 2.09 bits per heavy atom. The quantitative estimate of drug-likeness (QED) is 0.782. The lowest BCUT2D eigenvalue weighted by molar-refractivity contribution is -0.160. The summed E-state index contributed by atoms with van der Waals surface area (Å²) in [4.78, 5) is 24.7. The van der Waals surface area contributed by atoms with Crippen LogP contribution in [0.5, 0.6) is 0 Å². The second kappa shape index (κ2) is 4.73. The Hall–Kier alpha value is -2.04. The standard InChI is InChI=1S/C18H22N2O3/c1-17-8-7-11(9-13(17)16(22)23-2)18(10-17)19-14-6-4-3-5-12(14)15(21)20-18/h3-6,11,13,19H,7-10H2,1-2H3,(H,20,21). The Balaban J connectivity index is 1.70. The van der Waals surface area contributed by atoms with Crippen LogP contribution in [0.2, 0.25) is 0 Å². The number of hydrogen-bond acceptors (Lipinski definition) is 4. The largest absolute Gasteiger partial charge is 0.469 e. The molecular weight excluding hydrogens is 292 g/mol. The first-order valence-electron chi connectivity index (χ1n) is 8.25.